The molecule has 20 heavy (non-hydrogen) atoms. The number of carbonyl (C=O) groups is 1. The standard InChI is InChI=1S/C9H10O3.C4H10O4/c1-2-9(11)12-8-6-4-3-5-7(8)10;5-1-3(7)4(8)2-6/h3-6,10H,2H2,1H3;3-8H,1-2H2/t;3-,4+. The van der Waals surface area contributed by atoms with Gasteiger partial charge < -0.3 is 30.3 Å². The average molecular weight is 288 g/mol. The zero-order valence-electron chi connectivity index (χ0n) is 11.1. The molecule has 0 bridgehead atoms. The summed E-state index contributed by atoms with van der Waals surface area (Å²) in [4.78, 5) is 10.8. The number of ether oxygens (including phenoxy) is 1. The minimum Gasteiger partial charge on any atom is -0.504 e. The van der Waals surface area contributed by atoms with Gasteiger partial charge in [0.2, 0.25) is 0 Å². The molecule has 0 heterocycles. The third-order valence-electron chi connectivity index (χ3n) is 2.20. The molecule has 1 rings (SSSR count). The van der Waals surface area contributed by atoms with E-state index in [0.29, 0.717) is 6.42 Å². The summed E-state index contributed by atoms with van der Waals surface area (Å²) in [5.74, 6) is -0.153. The van der Waals surface area contributed by atoms with Gasteiger partial charge in [-0.05, 0) is 12.1 Å². The van der Waals surface area contributed by atoms with Crippen LogP contribution in [0.2, 0.25) is 0 Å². The Bertz CT molecular complexity index is 386. The number of aliphatic hydroxyl groups is 4. The van der Waals surface area contributed by atoms with Crippen LogP contribution < -0.4 is 4.74 Å². The first kappa shape index (κ1) is 18.3. The second-order valence-electron chi connectivity index (χ2n) is 3.80. The van der Waals surface area contributed by atoms with Gasteiger partial charge in [0.15, 0.2) is 11.5 Å². The van der Waals surface area contributed by atoms with Gasteiger partial charge in [-0.25, -0.2) is 0 Å². The molecule has 0 unspecified atom stereocenters. The quantitative estimate of drug-likeness (QED) is 0.361. The number of para-hydroxylation sites is 2. The average Bonchev–Trinajstić information content (AvgIpc) is 2.48. The summed E-state index contributed by atoms with van der Waals surface area (Å²) >= 11 is 0. The molecule has 7 nitrogen and oxygen atoms in total. The van der Waals surface area contributed by atoms with E-state index in [-0.39, 0.29) is 17.5 Å². The number of rotatable bonds is 5. The van der Waals surface area contributed by atoms with Crippen molar-refractivity contribution in [1.82, 2.24) is 0 Å². The minimum absolute atomic E-state index is 0.0145. The van der Waals surface area contributed by atoms with Crippen molar-refractivity contribution in [3.8, 4) is 11.5 Å². The molecule has 0 aliphatic rings. The van der Waals surface area contributed by atoms with Crippen molar-refractivity contribution in [1.29, 1.82) is 0 Å². The van der Waals surface area contributed by atoms with Crippen molar-refractivity contribution >= 4 is 5.97 Å². The lowest BCUT2D eigenvalue weighted by atomic mass is 10.2. The van der Waals surface area contributed by atoms with Gasteiger partial charge in [-0.1, -0.05) is 19.1 Å². The fourth-order valence-corrected chi connectivity index (χ4v) is 0.982. The monoisotopic (exact) mass is 288 g/mol. The van der Waals surface area contributed by atoms with Crippen molar-refractivity contribution in [2.24, 2.45) is 0 Å². The Morgan fingerprint density at radius 1 is 1.15 bits per heavy atom. The van der Waals surface area contributed by atoms with E-state index in [1.54, 1.807) is 25.1 Å². The molecule has 0 saturated carbocycles. The van der Waals surface area contributed by atoms with Crippen LogP contribution in [0.15, 0.2) is 24.3 Å². The molecule has 0 amide bonds. The maximum atomic E-state index is 10.8. The smallest absolute Gasteiger partial charge is 0.311 e. The SMILES string of the molecule is CCC(=O)Oc1ccccc1O.OC[C@@H](O)[C@@H](O)CO. The summed E-state index contributed by atoms with van der Waals surface area (Å²) in [6, 6.07) is 6.37. The Kier molecular flexibility index (Phi) is 9.31. The molecule has 0 aromatic heterocycles. The lowest BCUT2D eigenvalue weighted by Gasteiger charge is -2.10. The van der Waals surface area contributed by atoms with Crippen molar-refractivity contribution < 1.29 is 35.1 Å². The second-order valence-corrected chi connectivity index (χ2v) is 3.80. The van der Waals surface area contributed by atoms with Crippen molar-refractivity contribution in [3.05, 3.63) is 24.3 Å². The van der Waals surface area contributed by atoms with E-state index >= 15 is 0 Å². The Morgan fingerprint density at radius 2 is 1.65 bits per heavy atom. The van der Waals surface area contributed by atoms with E-state index in [9.17, 15) is 9.90 Å². The van der Waals surface area contributed by atoms with Crippen molar-refractivity contribution in [3.63, 3.8) is 0 Å². The molecule has 114 valence electrons. The van der Waals surface area contributed by atoms with Gasteiger partial charge in [-0.2, -0.15) is 0 Å². The van der Waals surface area contributed by atoms with Crippen LogP contribution in [0.1, 0.15) is 13.3 Å². The molecule has 0 aliphatic carbocycles. The number of phenols is 1. The summed E-state index contributed by atoms with van der Waals surface area (Å²) in [6.45, 7) is 0.645. The molecular formula is C13H20O7. The molecule has 7 heteroatoms. The highest BCUT2D eigenvalue weighted by molar-refractivity contribution is 5.72. The molecule has 0 radical (unpaired) electrons. The van der Waals surface area contributed by atoms with Gasteiger partial charge in [0.1, 0.15) is 12.2 Å². The zero-order chi connectivity index (χ0) is 15.5. The van der Waals surface area contributed by atoms with Crippen molar-refractivity contribution in [2.45, 2.75) is 25.6 Å². The van der Waals surface area contributed by atoms with Crippen LogP contribution in [-0.4, -0.2) is 56.9 Å². The first-order valence-corrected chi connectivity index (χ1v) is 6.02. The third-order valence-corrected chi connectivity index (χ3v) is 2.20. The molecule has 0 saturated heterocycles. The fourth-order valence-electron chi connectivity index (χ4n) is 0.982. The fraction of sp³-hybridized carbons (Fsp3) is 0.462. The van der Waals surface area contributed by atoms with Gasteiger partial charge in [0.05, 0.1) is 13.2 Å². The van der Waals surface area contributed by atoms with Crippen LogP contribution in [0.4, 0.5) is 0 Å². The second kappa shape index (κ2) is 10.2. The first-order valence-electron chi connectivity index (χ1n) is 6.02. The number of hydrogen-bond donors (Lipinski definition) is 5. The molecule has 1 aromatic carbocycles. The number of phenolic OH excluding ortho intramolecular Hbond substituents is 1. The topological polar surface area (TPSA) is 127 Å². The maximum Gasteiger partial charge on any atom is 0.311 e. The lowest BCUT2D eigenvalue weighted by molar-refractivity contribution is -0.134. The van der Waals surface area contributed by atoms with E-state index < -0.39 is 25.4 Å². The van der Waals surface area contributed by atoms with Crippen LogP contribution in [0, 0.1) is 0 Å². The van der Waals surface area contributed by atoms with E-state index in [4.69, 9.17) is 25.2 Å². The Morgan fingerprint density at radius 3 is 2.05 bits per heavy atom. The molecule has 0 aliphatic heterocycles. The number of carbonyl (C=O) groups excluding carboxylic acids is 1. The predicted octanol–water partition coefficient (Wildman–Crippen LogP) is -0.600. The normalized spacial score (nSPS) is 12.8. The van der Waals surface area contributed by atoms with E-state index in [1.165, 1.54) is 6.07 Å². The summed E-state index contributed by atoms with van der Waals surface area (Å²) in [5, 5.41) is 42.3. The maximum absolute atomic E-state index is 10.8. The van der Waals surface area contributed by atoms with Gasteiger partial charge in [0.25, 0.3) is 0 Å². The Hall–Kier alpha value is -1.67. The van der Waals surface area contributed by atoms with Gasteiger partial charge in [-0.3, -0.25) is 4.79 Å². The van der Waals surface area contributed by atoms with Crippen LogP contribution in [0.25, 0.3) is 0 Å². The number of esters is 1. The summed E-state index contributed by atoms with van der Waals surface area (Å²) in [5.41, 5.74) is 0. The summed E-state index contributed by atoms with van der Waals surface area (Å²) in [7, 11) is 0. The number of aromatic hydroxyl groups is 1. The molecule has 0 spiro atoms. The number of aliphatic hydroxyl groups excluding tert-OH is 4. The van der Waals surface area contributed by atoms with Gasteiger partial charge in [0, 0.05) is 6.42 Å². The van der Waals surface area contributed by atoms with E-state index in [2.05, 4.69) is 0 Å². The van der Waals surface area contributed by atoms with Crippen LogP contribution in [0.3, 0.4) is 0 Å². The van der Waals surface area contributed by atoms with Crippen LogP contribution >= 0.6 is 0 Å². The predicted molar refractivity (Wildman–Crippen MR) is 70.2 cm³/mol. The molecule has 5 N–H and O–H groups in total. The van der Waals surface area contributed by atoms with Gasteiger partial charge in [-0.15, -0.1) is 0 Å². The first-order chi connectivity index (χ1) is 9.46. The zero-order valence-corrected chi connectivity index (χ0v) is 11.1. The number of hydrogen-bond acceptors (Lipinski definition) is 7. The Balaban J connectivity index is 0.000000396. The third kappa shape index (κ3) is 7.05. The number of benzene rings is 1. The van der Waals surface area contributed by atoms with Gasteiger partial charge >= 0.3 is 5.97 Å². The largest absolute Gasteiger partial charge is 0.504 e. The van der Waals surface area contributed by atoms with E-state index in [0.717, 1.165) is 0 Å². The summed E-state index contributed by atoms with van der Waals surface area (Å²) in [6.07, 6.45) is -2.14. The molecule has 0 fully saturated rings. The van der Waals surface area contributed by atoms with Crippen molar-refractivity contribution in [2.75, 3.05) is 13.2 Å². The Labute approximate surface area is 116 Å². The summed E-state index contributed by atoms with van der Waals surface area (Å²) < 4.78 is 4.81. The minimum atomic E-state index is -1.22. The molecular weight excluding hydrogens is 268 g/mol. The molecule has 1 aromatic rings. The lowest BCUT2D eigenvalue weighted by Crippen LogP contribution is -2.31. The van der Waals surface area contributed by atoms with E-state index in [1.807, 2.05) is 0 Å². The highest BCUT2D eigenvalue weighted by Crippen LogP contribution is 2.24. The molecule has 2 atom stereocenters. The van der Waals surface area contributed by atoms with Crippen LogP contribution in [-0.2, 0) is 4.79 Å². The highest BCUT2D eigenvalue weighted by atomic mass is 16.5. The highest BCUT2D eigenvalue weighted by Gasteiger charge is 2.12. The van der Waals surface area contributed by atoms with Crippen LogP contribution in [0.5, 0.6) is 11.5 Å².